The first-order chi connectivity index (χ1) is 24.0. The molecule has 1 aromatic heterocycles. The molecule has 0 radical (unpaired) electrons. The largest absolute Gasteiger partial charge is 0.432 e. The maximum atomic E-state index is 14.9. The summed E-state index contributed by atoms with van der Waals surface area (Å²) in [7, 11) is -2.86. The van der Waals surface area contributed by atoms with Gasteiger partial charge in [-0.25, -0.2) is 0 Å². The molecule has 262 valence electrons. The topological polar surface area (TPSA) is 121 Å². The van der Waals surface area contributed by atoms with Gasteiger partial charge in [0.25, 0.3) is 5.91 Å². The Morgan fingerprint density at radius 1 is 1.06 bits per heavy atom. The second-order valence-electron chi connectivity index (χ2n) is 14.4. The summed E-state index contributed by atoms with van der Waals surface area (Å²) in [5.41, 5.74) is 3.51. The molecule has 3 aliphatic heterocycles. The zero-order valence-corrected chi connectivity index (χ0v) is 31.3. The Morgan fingerprint density at radius 3 is 2.60 bits per heavy atom. The first-order valence-electron chi connectivity index (χ1n) is 17.5. The van der Waals surface area contributed by atoms with Gasteiger partial charge < -0.3 is 24.4 Å². The maximum Gasteiger partial charge on any atom is 0.264 e. The number of amides is 2. The number of rotatable bonds is 10. The summed E-state index contributed by atoms with van der Waals surface area (Å²) in [4.78, 5) is 43.0. The lowest BCUT2D eigenvalue weighted by atomic mass is 9.82. The number of halogens is 1. The maximum absolute atomic E-state index is 14.9. The molecule has 50 heavy (non-hydrogen) atoms. The highest BCUT2D eigenvalue weighted by molar-refractivity contribution is 9.10. The van der Waals surface area contributed by atoms with Gasteiger partial charge in [0.2, 0.25) is 5.91 Å². The van der Waals surface area contributed by atoms with E-state index in [2.05, 4.69) is 26.2 Å². The fourth-order valence-corrected chi connectivity index (χ4v) is 11.4. The molecule has 4 heterocycles. The van der Waals surface area contributed by atoms with Gasteiger partial charge in [-0.3, -0.25) is 14.3 Å². The quantitative estimate of drug-likeness (QED) is 0.187. The van der Waals surface area contributed by atoms with E-state index < -0.39 is 20.0 Å². The number of benzene rings is 3. The van der Waals surface area contributed by atoms with Gasteiger partial charge in [0.15, 0.2) is 13.9 Å². The zero-order chi connectivity index (χ0) is 35.2. The number of piperidine rings is 1. The second kappa shape index (κ2) is 13.8. The normalized spacial score (nSPS) is 24.3. The fraction of sp³-hybridized carbons (Fsp3) is 0.421. The number of aliphatic hydroxyl groups is 1. The third kappa shape index (κ3) is 6.25. The standard InChI is InChI=1S/C38H44BrN5O5Si/c1-25-36(50(2,3)48)34(17-19-42-23-32(40-41-42)30(24-45)27-11-5-4-6-12-27)49-38(25)31-21-28(39)15-16-33(31)44(37(38)47)22-26-10-9-13-29(20-26)43-18-8-7-14-35(43)46/h4-6,9-13,15-16,20-21,23,25,30,34,36,45,48H,7-8,14,17-19,22,24H2,1-3H3/t25-,30?,34+,36-,38+/m1/s1. The van der Waals surface area contributed by atoms with Gasteiger partial charge in [0, 0.05) is 52.9 Å². The van der Waals surface area contributed by atoms with E-state index in [1.165, 1.54) is 0 Å². The van der Waals surface area contributed by atoms with E-state index in [1.807, 2.05) is 109 Å². The van der Waals surface area contributed by atoms with Crippen LogP contribution in [-0.4, -0.2) is 64.3 Å². The molecule has 0 aliphatic carbocycles. The molecule has 2 amide bonds. The van der Waals surface area contributed by atoms with Crippen LogP contribution >= 0.6 is 15.9 Å². The molecular formula is C38H44BrN5O5Si. The second-order valence-corrected chi connectivity index (χ2v) is 19.3. The Hall–Kier alpha value is -3.68. The summed E-state index contributed by atoms with van der Waals surface area (Å²) in [6, 6.07) is 23.6. The number of hydrogen-bond donors (Lipinski definition) is 2. The highest BCUT2D eigenvalue weighted by Gasteiger charge is 2.66. The lowest BCUT2D eigenvalue weighted by Crippen LogP contribution is -2.46. The van der Waals surface area contributed by atoms with Gasteiger partial charge >= 0.3 is 0 Å². The number of nitrogens with zero attached hydrogens (tertiary/aromatic N) is 5. The number of carbonyl (C=O) groups excluding carboxylic acids is 2. The van der Waals surface area contributed by atoms with Crippen LogP contribution in [-0.2, 0) is 33.0 Å². The number of aliphatic hydroxyl groups excluding tert-OH is 1. The monoisotopic (exact) mass is 757 g/mol. The zero-order valence-electron chi connectivity index (χ0n) is 28.7. The molecule has 2 fully saturated rings. The van der Waals surface area contributed by atoms with Gasteiger partial charge in [-0.1, -0.05) is 70.5 Å². The van der Waals surface area contributed by atoms with E-state index >= 15 is 0 Å². The number of aryl methyl sites for hydroxylation is 1. The molecule has 3 aliphatic rings. The smallest absolute Gasteiger partial charge is 0.264 e. The van der Waals surface area contributed by atoms with Crippen molar-refractivity contribution < 1.29 is 24.2 Å². The number of ether oxygens (including phenoxy) is 1. The predicted molar refractivity (Wildman–Crippen MR) is 197 cm³/mol. The van der Waals surface area contributed by atoms with Crippen molar-refractivity contribution in [3.63, 3.8) is 0 Å². The highest BCUT2D eigenvalue weighted by Crippen LogP contribution is 2.60. The molecule has 5 atom stereocenters. The first kappa shape index (κ1) is 34.8. The van der Waals surface area contributed by atoms with Crippen LogP contribution in [0.3, 0.4) is 0 Å². The van der Waals surface area contributed by atoms with Crippen molar-refractivity contribution in [1.29, 1.82) is 0 Å². The van der Waals surface area contributed by atoms with Crippen molar-refractivity contribution in [3.05, 3.63) is 106 Å². The molecule has 4 aromatic rings. The van der Waals surface area contributed by atoms with Crippen molar-refractivity contribution in [1.82, 2.24) is 15.0 Å². The average molecular weight is 759 g/mol. The molecule has 0 saturated carbocycles. The molecule has 0 bridgehead atoms. The predicted octanol–water partition coefficient (Wildman–Crippen LogP) is 6.12. The SMILES string of the molecule is C[C@@H]1[C@@H]([Si](C)(C)O)[C@H](CCn2cc(C(CO)c3ccccc3)nn2)O[C@@]12C(=O)N(Cc1cccc(N3CCCCC3=O)c1)c1ccc(Br)cc12. The Morgan fingerprint density at radius 2 is 1.86 bits per heavy atom. The Kier molecular flexibility index (Phi) is 9.59. The van der Waals surface area contributed by atoms with Gasteiger partial charge in [-0.05, 0) is 73.8 Å². The van der Waals surface area contributed by atoms with Crippen molar-refractivity contribution in [2.24, 2.45) is 5.92 Å². The van der Waals surface area contributed by atoms with Crippen LogP contribution in [0.4, 0.5) is 11.4 Å². The van der Waals surface area contributed by atoms with Crippen LogP contribution in [0.25, 0.3) is 0 Å². The minimum Gasteiger partial charge on any atom is -0.432 e. The summed E-state index contributed by atoms with van der Waals surface area (Å²) in [6.07, 6.45) is 4.42. The van der Waals surface area contributed by atoms with Gasteiger partial charge in [-0.15, -0.1) is 5.10 Å². The van der Waals surface area contributed by atoms with Gasteiger partial charge in [0.05, 0.1) is 36.6 Å². The highest BCUT2D eigenvalue weighted by atomic mass is 79.9. The van der Waals surface area contributed by atoms with Crippen LogP contribution in [0.15, 0.2) is 83.5 Å². The molecule has 12 heteroatoms. The van der Waals surface area contributed by atoms with Gasteiger partial charge in [0.1, 0.15) is 0 Å². The summed E-state index contributed by atoms with van der Waals surface area (Å²) in [6.45, 7) is 7.30. The van der Waals surface area contributed by atoms with Crippen molar-refractivity contribution >= 4 is 47.4 Å². The molecule has 2 N–H and O–H groups in total. The molecule has 1 unspecified atom stereocenters. The van der Waals surface area contributed by atoms with Gasteiger partial charge in [-0.2, -0.15) is 0 Å². The van der Waals surface area contributed by atoms with Crippen LogP contribution in [0, 0.1) is 5.92 Å². The van der Waals surface area contributed by atoms with E-state index in [9.17, 15) is 19.5 Å². The summed E-state index contributed by atoms with van der Waals surface area (Å²) in [5, 5.41) is 18.9. The average Bonchev–Trinajstić information content (AvgIpc) is 3.75. The van der Waals surface area contributed by atoms with Crippen molar-refractivity contribution in [2.45, 2.75) is 82.0 Å². The first-order valence-corrected chi connectivity index (χ1v) is 21.3. The van der Waals surface area contributed by atoms with Crippen LogP contribution in [0.1, 0.15) is 60.9 Å². The number of hydrogen-bond acceptors (Lipinski definition) is 7. The van der Waals surface area contributed by atoms with E-state index in [0.717, 1.165) is 45.4 Å². The van der Waals surface area contributed by atoms with E-state index in [4.69, 9.17) is 4.74 Å². The summed E-state index contributed by atoms with van der Waals surface area (Å²) in [5.74, 6) is -0.594. The van der Waals surface area contributed by atoms with Crippen LogP contribution < -0.4 is 9.80 Å². The Balaban J connectivity index is 1.17. The number of carbonyl (C=O) groups is 2. The van der Waals surface area contributed by atoms with E-state index in [1.54, 1.807) is 4.68 Å². The minimum atomic E-state index is -2.86. The molecule has 1 spiro atoms. The van der Waals surface area contributed by atoms with Crippen molar-refractivity contribution in [2.75, 3.05) is 23.0 Å². The third-order valence-corrected chi connectivity index (χ3v) is 13.8. The Labute approximate surface area is 302 Å². The Bertz CT molecular complexity index is 1880. The number of fused-ring (bicyclic) bond motifs is 2. The van der Waals surface area contributed by atoms with E-state index in [0.29, 0.717) is 38.2 Å². The molecule has 2 saturated heterocycles. The van der Waals surface area contributed by atoms with Crippen LogP contribution in [0.2, 0.25) is 18.6 Å². The lowest BCUT2D eigenvalue weighted by Gasteiger charge is -2.32. The van der Waals surface area contributed by atoms with E-state index in [-0.39, 0.29) is 35.8 Å². The van der Waals surface area contributed by atoms with Crippen LogP contribution in [0.5, 0.6) is 0 Å². The molecular weight excluding hydrogens is 714 g/mol. The minimum absolute atomic E-state index is 0.0882. The molecule has 3 aromatic carbocycles. The fourth-order valence-electron chi connectivity index (χ4n) is 8.46. The third-order valence-electron chi connectivity index (χ3n) is 10.8. The summed E-state index contributed by atoms with van der Waals surface area (Å²) >= 11 is 3.65. The number of anilines is 2. The summed E-state index contributed by atoms with van der Waals surface area (Å²) < 4.78 is 9.64. The molecule has 7 rings (SSSR count). The van der Waals surface area contributed by atoms with Crippen molar-refractivity contribution in [3.8, 4) is 0 Å². The number of aromatic nitrogens is 3. The molecule has 10 nitrogen and oxygen atoms in total. The lowest BCUT2D eigenvalue weighted by molar-refractivity contribution is -0.146.